The molecule has 0 aliphatic heterocycles. The van der Waals surface area contributed by atoms with Crippen LogP contribution in [0.5, 0.6) is 0 Å². The average Bonchev–Trinajstić information content (AvgIpc) is 2.91. The van der Waals surface area contributed by atoms with Crippen molar-refractivity contribution in [3.63, 3.8) is 0 Å². The van der Waals surface area contributed by atoms with Gasteiger partial charge in [0, 0.05) is 0 Å². The van der Waals surface area contributed by atoms with Crippen LogP contribution in [0.4, 0.5) is 0 Å². The molecule has 0 aromatic heterocycles. The summed E-state index contributed by atoms with van der Waals surface area (Å²) in [7, 11) is 0. The number of benzene rings is 6. The van der Waals surface area contributed by atoms with Gasteiger partial charge in [0.15, 0.2) is 0 Å². The molecular weight excluding hydrogens is 408 g/mol. The normalized spacial score (nSPS) is 11.9. The van der Waals surface area contributed by atoms with Crippen molar-refractivity contribution in [3.8, 4) is 0 Å². The van der Waals surface area contributed by atoms with Crippen molar-refractivity contribution in [1.82, 2.24) is 0 Å². The summed E-state index contributed by atoms with van der Waals surface area (Å²) >= 11 is 0. The van der Waals surface area contributed by atoms with Gasteiger partial charge in [0.25, 0.3) is 0 Å². The van der Waals surface area contributed by atoms with Crippen LogP contribution in [0.1, 0.15) is 22.3 Å². The van der Waals surface area contributed by atoms with Crippen LogP contribution >= 0.6 is 0 Å². The van der Waals surface area contributed by atoms with Gasteiger partial charge in [0.05, 0.1) is 0 Å². The summed E-state index contributed by atoms with van der Waals surface area (Å²) in [5, 5.41) is 7.70. The van der Waals surface area contributed by atoms with E-state index in [1.165, 1.54) is 54.6 Å². The Balaban J connectivity index is 1.60. The van der Waals surface area contributed by atoms with Gasteiger partial charge in [-0.2, -0.15) is 0 Å². The van der Waals surface area contributed by atoms with Crippen LogP contribution in [0.25, 0.3) is 56.6 Å². The van der Waals surface area contributed by atoms with E-state index in [-0.39, 0.29) is 0 Å². The Morgan fingerprint density at radius 2 is 0.647 bits per heavy atom. The molecule has 6 rings (SSSR count). The van der Waals surface area contributed by atoms with E-state index in [2.05, 4.69) is 146 Å². The van der Waals surface area contributed by atoms with Gasteiger partial charge in [0.2, 0.25) is 0 Å². The van der Waals surface area contributed by atoms with Crippen LogP contribution in [0.15, 0.2) is 121 Å². The van der Waals surface area contributed by atoms with E-state index in [0.29, 0.717) is 0 Å². The van der Waals surface area contributed by atoms with Crippen molar-refractivity contribution in [1.29, 1.82) is 0 Å². The molecule has 0 atom stereocenters. The molecule has 0 heterocycles. The highest BCUT2D eigenvalue weighted by Gasteiger charge is 2.10. The first kappa shape index (κ1) is 20.2. The van der Waals surface area contributed by atoms with Gasteiger partial charge in [-0.25, -0.2) is 0 Å². The molecule has 0 aliphatic rings. The van der Waals surface area contributed by atoms with E-state index in [1.54, 1.807) is 0 Å². The van der Waals surface area contributed by atoms with Crippen molar-refractivity contribution < 1.29 is 0 Å². The summed E-state index contributed by atoms with van der Waals surface area (Å²) in [4.78, 5) is 0. The first-order valence-corrected chi connectivity index (χ1v) is 11.7. The first-order chi connectivity index (χ1) is 16.9. The summed E-state index contributed by atoms with van der Waals surface area (Å²) in [6.45, 7) is 0. The third kappa shape index (κ3) is 3.80. The Bertz CT molecular complexity index is 1540. The van der Waals surface area contributed by atoms with E-state index in [4.69, 9.17) is 0 Å². The minimum atomic E-state index is 1.21. The van der Waals surface area contributed by atoms with Gasteiger partial charge in [-0.05, 0) is 66.7 Å². The summed E-state index contributed by atoms with van der Waals surface area (Å²) in [5.41, 5.74) is 4.89. The summed E-state index contributed by atoms with van der Waals surface area (Å²) in [5.74, 6) is 0. The second-order valence-corrected chi connectivity index (χ2v) is 8.61. The Kier molecular flexibility index (Phi) is 5.26. The molecule has 0 N–H and O–H groups in total. The lowest BCUT2D eigenvalue weighted by atomic mass is 9.91. The van der Waals surface area contributed by atoms with E-state index < -0.39 is 0 Å². The predicted octanol–water partition coefficient (Wildman–Crippen LogP) is 9.49. The van der Waals surface area contributed by atoms with Gasteiger partial charge in [0.1, 0.15) is 0 Å². The first-order valence-electron chi connectivity index (χ1n) is 11.7. The lowest BCUT2D eigenvalue weighted by molar-refractivity contribution is 1.66. The van der Waals surface area contributed by atoms with Gasteiger partial charge < -0.3 is 0 Å². The Labute approximate surface area is 200 Å². The van der Waals surface area contributed by atoms with Crippen molar-refractivity contribution in [2.75, 3.05) is 0 Å². The molecule has 6 aromatic carbocycles. The molecule has 0 heteroatoms. The maximum absolute atomic E-state index is 2.35. The van der Waals surface area contributed by atoms with Crippen molar-refractivity contribution in [3.05, 3.63) is 144 Å². The van der Waals surface area contributed by atoms with Gasteiger partial charge in [-0.15, -0.1) is 0 Å². The second-order valence-electron chi connectivity index (χ2n) is 8.61. The van der Waals surface area contributed by atoms with Crippen LogP contribution in [-0.4, -0.2) is 0 Å². The molecule has 0 nitrogen and oxygen atoms in total. The molecular formula is C34H24. The minimum absolute atomic E-state index is 1.21. The quantitative estimate of drug-likeness (QED) is 0.192. The van der Waals surface area contributed by atoms with Crippen LogP contribution < -0.4 is 0 Å². The Morgan fingerprint density at radius 1 is 0.294 bits per heavy atom. The molecule has 0 bridgehead atoms. The summed E-state index contributed by atoms with van der Waals surface area (Å²) in [6.07, 6.45) is 8.89. The second kappa shape index (κ2) is 8.84. The van der Waals surface area contributed by atoms with Gasteiger partial charge in [-0.1, -0.05) is 133 Å². The molecule has 0 saturated carbocycles. The van der Waals surface area contributed by atoms with E-state index in [9.17, 15) is 0 Å². The van der Waals surface area contributed by atoms with E-state index in [0.717, 1.165) is 0 Å². The molecule has 0 aliphatic carbocycles. The molecule has 0 unspecified atom stereocenters. The molecule has 6 aromatic rings. The lowest BCUT2D eigenvalue weighted by Gasteiger charge is -2.13. The van der Waals surface area contributed by atoms with Crippen LogP contribution in [0.2, 0.25) is 0 Å². The fraction of sp³-hybridized carbons (Fsp3) is 0. The number of rotatable bonds is 4. The highest BCUT2D eigenvalue weighted by Crippen LogP contribution is 2.36. The van der Waals surface area contributed by atoms with Crippen LogP contribution in [-0.2, 0) is 0 Å². The highest BCUT2D eigenvalue weighted by atomic mass is 14.1. The maximum atomic E-state index is 2.35. The van der Waals surface area contributed by atoms with Gasteiger partial charge >= 0.3 is 0 Å². The Hall–Kier alpha value is -4.42. The van der Waals surface area contributed by atoms with E-state index in [1.807, 2.05) is 0 Å². The highest BCUT2D eigenvalue weighted by molar-refractivity contribution is 6.21. The maximum Gasteiger partial charge on any atom is -0.00926 e. The molecule has 0 fully saturated rings. The number of hydrogen-bond acceptors (Lipinski definition) is 0. The fourth-order valence-corrected chi connectivity index (χ4v) is 4.78. The average molecular weight is 433 g/mol. The molecule has 0 saturated heterocycles. The SMILES string of the molecule is C(=C\c1cc2c3ccccc3c(/C=C/c3ccccc3)cc2c2ccccc12)/c1ccccc1. The predicted molar refractivity (Wildman–Crippen MR) is 150 cm³/mol. The largest absolute Gasteiger partial charge is 0.0622 e. The summed E-state index contributed by atoms with van der Waals surface area (Å²) in [6, 6.07) is 43.2. The fourth-order valence-electron chi connectivity index (χ4n) is 4.78. The smallest absolute Gasteiger partial charge is 0.00926 e. The standard InChI is InChI=1S/C34H24/c1-3-11-25(12-4-1)19-21-27-23-33-32-18-10-8-16-30(32)28(22-20-26-13-5-2-6-14-26)24-34(33)31-17-9-7-15-29(27)31/h1-24H/b21-19+,22-20+. The monoisotopic (exact) mass is 432 g/mol. The van der Waals surface area contributed by atoms with Crippen molar-refractivity contribution >= 4 is 56.6 Å². The van der Waals surface area contributed by atoms with Gasteiger partial charge in [-0.3, -0.25) is 0 Å². The zero-order chi connectivity index (χ0) is 22.7. The number of fused-ring (bicyclic) bond motifs is 5. The molecule has 34 heavy (non-hydrogen) atoms. The summed E-state index contributed by atoms with van der Waals surface area (Å²) < 4.78 is 0. The van der Waals surface area contributed by atoms with Crippen molar-refractivity contribution in [2.45, 2.75) is 0 Å². The van der Waals surface area contributed by atoms with E-state index >= 15 is 0 Å². The molecule has 160 valence electrons. The minimum Gasteiger partial charge on any atom is -0.0622 e. The third-order valence-corrected chi connectivity index (χ3v) is 6.46. The molecule has 0 amide bonds. The van der Waals surface area contributed by atoms with Crippen LogP contribution in [0, 0.1) is 0 Å². The molecule has 0 spiro atoms. The zero-order valence-corrected chi connectivity index (χ0v) is 18.9. The topological polar surface area (TPSA) is 0 Å². The third-order valence-electron chi connectivity index (χ3n) is 6.46. The lowest BCUT2D eigenvalue weighted by Crippen LogP contribution is -1.87. The van der Waals surface area contributed by atoms with Crippen molar-refractivity contribution in [2.24, 2.45) is 0 Å². The Morgan fingerprint density at radius 3 is 1.06 bits per heavy atom. The zero-order valence-electron chi connectivity index (χ0n) is 18.9. The number of hydrogen-bond donors (Lipinski definition) is 0. The van der Waals surface area contributed by atoms with Crippen LogP contribution in [0.3, 0.4) is 0 Å². The molecule has 0 radical (unpaired) electrons.